The van der Waals surface area contributed by atoms with E-state index in [0.29, 0.717) is 22.3 Å². The molecule has 7 heteroatoms. The molecule has 2 aromatic carbocycles. The van der Waals surface area contributed by atoms with E-state index in [1.807, 2.05) is 30.3 Å². The van der Waals surface area contributed by atoms with Crippen molar-refractivity contribution in [3.63, 3.8) is 0 Å². The number of rotatable bonds is 7. The Balaban J connectivity index is 1.86. The molecule has 2 amide bonds. The van der Waals surface area contributed by atoms with Crippen molar-refractivity contribution in [3.05, 3.63) is 64.1 Å². The Morgan fingerprint density at radius 2 is 1.65 bits per heavy atom. The van der Waals surface area contributed by atoms with Gasteiger partial charge in [0.1, 0.15) is 0 Å². The highest BCUT2D eigenvalue weighted by molar-refractivity contribution is 6.39. The fourth-order valence-corrected chi connectivity index (χ4v) is 2.78. The minimum Gasteiger partial charge on any atom is -0.351 e. The number of amides is 2. The van der Waals surface area contributed by atoms with E-state index in [1.165, 1.54) is 0 Å². The van der Waals surface area contributed by atoms with E-state index >= 15 is 0 Å². The highest BCUT2D eigenvalue weighted by atomic mass is 35.5. The van der Waals surface area contributed by atoms with Gasteiger partial charge in [-0.1, -0.05) is 59.6 Å². The molecule has 26 heavy (non-hydrogen) atoms. The fraction of sp³-hybridized carbons (Fsp3) is 0.263. The minimum absolute atomic E-state index is 0.0292. The number of carbonyl (C=O) groups is 2. The number of hydrogen-bond acceptors (Lipinski definition) is 3. The Bertz CT molecular complexity index is 748. The molecule has 138 valence electrons. The van der Waals surface area contributed by atoms with Gasteiger partial charge in [-0.2, -0.15) is 0 Å². The number of para-hydroxylation sites is 1. The first-order valence-electron chi connectivity index (χ1n) is 8.14. The van der Waals surface area contributed by atoms with E-state index in [9.17, 15) is 9.59 Å². The average molecular weight is 394 g/mol. The molecule has 0 heterocycles. The van der Waals surface area contributed by atoms with E-state index in [0.717, 1.165) is 5.56 Å². The summed E-state index contributed by atoms with van der Waals surface area (Å²) < 4.78 is 0. The number of halogens is 2. The second-order valence-electron chi connectivity index (χ2n) is 5.94. The number of likely N-dealkylation sites (N-methyl/N-ethyl adjacent to an activating group) is 1. The van der Waals surface area contributed by atoms with Gasteiger partial charge in [0.2, 0.25) is 11.8 Å². The van der Waals surface area contributed by atoms with Gasteiger partial charge in [0, 0.05) is 6.54 Å². The Hall–Kier alpha value is -2.08. The van der Waals surface area contributed by atoms with Crippen molar-refractivity contribution in [1.82, 2.24) is 10.2 Å². The first-order chi connectivity index (χ1) is 12.4. The van der Waals surface area contributed by atoms with Crippen LogP contribution in [0.3, 0.4) is 0 Å². The van der Waals surface area contributed by atoms with Gasteiger partial charge in [0.25, 0.3) is 0 Å². The number of nitrogens with zero attached hydrogens (tertiary/aromatic N) is 1. The Morgan fingerprint density at radius 3 is 2.27 bits per heavy atom. The number of benzene rings is 2. The van der Waals surface area contributed by atoms with E-state index in [2.05, 4.69) is 10.6 Å². The van der Waals surface area contributed by atoms with Gasteiger partial charge in [-0.3, -0.25) is 14.5 Å². The van der Waals surface area contributed by atoms with Crippen LogP contribution in [-0.2, 0) is 16.1 Å². The van der Waals surface area contributed by atoms with E-state index in [4.69, 9.17) is 23.2 Å². The van der Waals surface area contributed by atoms with Crippen molar-refractivity contribution in [2.24, 2.45) is 0 Å². The summed E-state index contributed by atoms with van der Waals surface area (Å²) in [6.45, 7) is 2.22. The third-order valence-corrected chi connectivity index (χ3v) is 4.60. The van der Waals surface area contributed by atoms with E-state index < -0.39 is 6.04 Å². The van der Waals surface area contributed by atoms with Crippen molar-refractivity contribution in [1.29, 1.82) is 0 Å². The lowest BCUT2D eigenvalue weighted by Crippen LogP contribution is -2.45. The third-order valence-electron chi connectivity index (χ3n) is 3.97. The van der Waals surface area contributed by atoms with Crippen LogP contribution < -0.4 is 10.6 Å². The van der Waals surface area contributed by atoms with Crippen LogP contribution in [0.5, 0.6) is 0 Å². The molecule has 0 fully saturated rings. The first-order valence-corrected chi connectivity index (χ1v) is 8.90. The Labute approximate surface area is 163 Å². The van der Waals surface area contributed by atoms with Crippen molar-refractivity contribution in [2.45, 2.75) is 19.5 Å². The molecule has 2 aromatic rings. The van der Waals surface area contributed by atoms with Gasteiger partial charge in [0.15, 0.2) is 0 Å². The molecule has 0 aliphatic carbocycles. The van der Waals surface area contributed by atoms with E-state index in [-0.39, 0.29) is 18.4 Å². The topological polar surface area (TPSA) is 61.4 Å². The van der Waals surface area contributed by atoms with Crippen LogP contribution in [0.1, 0.15) is 12.5 Å². The molecule has 0 bridgehead atoms. The summed E-state index contributed by atoms with van der Waals surface area (Å²) in [4.78, 5) is 26.2. The fourth-order valence-electron chi connectivity index (χ4n) is 2.29. The van der Waals surface area contributed by atoms with Crippen LogP contribution in [0.4, 0.5) is 5.69 Å². The Kier molecular flexibility index (Phi) is 7.45. The lowest BCUT2D eigenvalue weighted by molar-refractivity contribution is -0.126. The van der Waals surface area contributed by atoms with Crippen molar-refractivity contribution >= 4 is 40.7 Å². The monoisotopic (exact) mass is 393 g/mol. The highest BCUT2D eigenvalue weighted by Gasteiger charge is 2.20. The lowest BCUT2D eigenvalue weighted by atomic mass is 10.2. The van der Waals surface area contributed by atoms with Crippen LogP contribution in [0.2, 0.25) is 10.0 Å². The molecule has 2 rings (SSSR count). The molecular weight excluding hydrogens is 373 g/mol. The molecule has 0 aromatic heterocycles. The van der Waals surface area contributed by atoms with Gasteiger partial charge in [-0.15, -0.1) is 0 Å². The lowest BCUT2D eigenvalue weighted by Gasteiger charge is -2.23. The largest absolute Gasteiger partial charge is 0.351 e. The normalized spacial score (nSPS) is 11.9. The maximum Gasteiger partial charge on any atom is 0.238 e. The third kappa shape index (κ3) is 5.73. The van der Waals surface area contributed by atoms with Crippen molar-refractivity contribution in [3.8, 4) is 0 Å². The highest BCUT2D eigenvalue weighted by Crippen LogP contribution is 2.29. The molecule has 0 aliphatic heterocycles. The summed E-state index contributed by atoms with van der Waals surface area (Å²) in [5.41, 5.74) is 1.39. The quantitative estimate of drug-likeness (QED) is 0.755. The first kappa shape index (κ1) is 20.2. The van der Waals surface area contributed by atoms with Crippen LogP contribution in [-0.4, -0.2) is 36.3 Å². The number of carbonyl (C=O) groups excluding carboxylic acids is 2. The zero-order valence-corrected chi connectivity index (χ0v) is 16.1. The van der Waals surface area contributed by atoms with Gasteiger partial charge < -0.3 is 10.6 Å². The Morgan fingerprint density at radius 1 is 1.04 bits per heavy atom. The molecule has 0 saturated carbocycles. The van der Waals surface area contributed by atoms with E-state index in [1.54, 1.807) is 37.1 Å². The standard InChI is InChI=1S/C19H21Cl2N3O2/c1-13(19(26)22-11-14-7-4-3-5-8-14)24(2)12-17(25)23-18-15(20)9-6-10-16(18)21/h3-10,13H,11-12H2,1-2H3,(H,22,26)(H,23,25)/t13-/m0/s1. The molecule has 1 atom stereocenters. The maximum absolute atomic E-state index is 12.3. The maximum atomic E-state index is 12.3. The molecule has 0 saturated heterocycles. The molecule has 0 spiro atoms. The number of anilines is 1. The average Bonchev–Trinajstić information content (AvgIpc) is 2.63. The molecule has 5 nitrogen and oxygen atoms in total. The van der Waals surface area contributed by atoms with Crippen LogP contribution in [0.15, 0.2) is 48.5 Å². The number of hydrogen-bond donors (Lipinski definition) is 2. The summed E-state index contributed by atoms with van der Waals surface area (Å²) >= 11 is 12.1. The smallest absolute Gasteiger partial charge is 0.238 e. The summed E-state index contributed by atoms with van der Waals surface area (Å²) in [5, 5.41) is 6.28. The summed E-state index contributed by atoms with van der Waals surface area (Å²) in [6, 6.07) is 14.2. The zero-order valence-electron chi connectivity index (χ0n) is 14.6. The zero-order chi connectivity index (χ0) is 19.1. The van der Waals surface area contributed by atoms with Crippen LogP contribution >= 0.6 is 23.2 Å². The van der Waals surface area contributed by atoms with Crippen LogP contribution in [0.25, 0.3) is 0 Å². The predicted octanol–water partition coefficient (Wildman–Crippen LogP) is 3.57. The van der Waals surface area contributed by atoms with Gasteiger partial charge in [0.05, 0.1) is 28.3 Å². The van der Waals surface area contributed by atoms with Crippen LogP contribution in [0, 0.1) is 0 Å². The van der Waals surface area contributed by atoms with Gasteiger partial charge in [-0.05, 0) is 31.7 Å². The summed E-state index contributed by atoms with van der Waals surface area (Å²) in [5.74, 6) is -0.454. The molecule has 0 radical (unpaired) electrons. The van der Waals surface area contributed by atoms with Gasteiger partial charge >= 0.3 is 0 Å². The van der Waals surface area contributed by atoms with Crippen molar-refractivity contribution in [2.75, 3.05) is 18.9 Å². The second-order valence-corrected chi connectivity index (χ2v) is 6.75. The summed E-state index contributed by atoms with van der Waals surface area (Å²) in [6.07, 6.45) is 0. The van der Waals surface area contributed by atoms with Gasteiger partial charge in [-0.25, -0.2) is 0 Å². The molecule has 0 aliphatic rings. The SMILES string of the molecule is C[C@@H](C(=O)NCc1ccccc1)N(C)CC(=O)Nc1c(Cl)cccc1Cl. The predicted molar refractivity (Wildman–Crippen MR) is 105 cm³/mol. The van der Waals surface area contributed by atoms with Crippen molar-refractivity contribution < 1.29 is 9.59 Å². The minimum atomic E-state index is -0.467. The summed E-state index contributed by atoms with van der Waals surface area (Å²) in [7, 11) is 1.71. The second kappa shape index (κ2) is 9.57. The number of nitrogens with one attached hydrogen (secondary N) is 2. The molecular formula is C19H21Cl2N3O2. The molecule has 0 unspecified atom stereocenters. The molecule has 2 N–H and O–H groups in total.